The van der Waals surface area contributed by atoms with Crippen LogP contribution in [-0.4, -0.2) is 25.9 Å². The first-order chi connectivity index (χ1) is 15.9. The van der Waals surface area contributed by atoms with E-state index in [-0.39, 0.29) is 24.1 Å². The zero-order valence-electron chi connectivity index (χ0n) is 17.9. The minimum atomic E-state index is -1.90. The molecule has 0 bridgehead atoms. The summed E-state index contributed by atoms with van der Waals surface area (Å²) in [5.41, 5.74) is 5.36. The van der Waals surface area contributed by atoms with Gasteiger partial charge in [0.15, 0.2) is 11.1 Å². The second-order valence-corrected chi connectivity index (χ2v) is 9.36. The van der Waals surface area contributed by atoms with E-state index in [9.17, 15) is 13.4 Å². The number of hydrogen-bond donors (Lipinski definition) is 1. The van der Waals surface area contributed by atoms with Crippen molar-refractivity contribution in [1.29, 1.82) is 0 Å². The predicted molar refractivity (Wildman–Crippen MR) is 129 cm³/mol. The third-order valence-corrected chi connectivity index (χ3v) is 6.73. The third kappa shape index (κ3) is 5.47. The van der Waals surface area contributed by atoms with Crippen molar-refractivity contribution >= 4 is 28.4 Å². The van der Waals surface area contributed by atoms with Crippen molar-refractivity contribution in [2.45, 2.75) is 19.1 Å². The van der Waals surface area contributed by atoms with Gasteiger partial charge >= 0.3 is 5.97 Å². The molecule has 170 valence electrons. The molecule has 0 saturated heterocycles. The van der Waals surface area contributed by atoms with Crippen molar-refractivity contribution in [3.63, 3.8) is 0 Å². The maximum atomic E-state index is 13.5. The molecule has 2 heterocycles. The summed E-state index contributed by atoms with van der Waals surface area (Å²) < 4.78 is 41.2. The molecule has 4 aromatic rings. The van der Waals surface area contributed by atoms with E-state index >= 15 is 0 Å². The second-order valence-electron chi connectivity index (χ2n) is 7.48. The molecule has 0 fully saturated rings. The zero-order chi connectivity index (χ0) is 23.4. The Labute approximate surface area is 197 Å². The Morgan fingerprint density at radius 2 is 1.85 bits per heavy atom. The van der Waals surface area contributed by atoms with Gasteiger partial charge in [0.05, 0.1) is 18.1 Å². The minimum Gasteiger partial charge on any atom is -0.461 e. The van der Waals surface area contributed by atoms with Crippen LogP contribution in [0.1, 0.15) is 26.5 Å². The number of rotatable bonds is 8. The molecule has 0 aliphatic heterocycles. The highest BCUT2D eigenvalue weighted by Gasteiger charge is 2.16. The van der Waals surface area contributed by atoms with Gasteiger partial charge in [-0.05, 0) is 65.4 Å². The fourth-order valence-electron chi connectivity index (χ4n) is 3.68. The van der Waals surface area contributed by atoms with Gasteiger partial charge in [-0.2, -0.15) is 0 Å². The van der Waals surface area contributed by atoms with Crippen LogP contribution in [0.2, 0.25) is 0 Å². The molecule has 1 unspecified atom stereocenters. The molecule has 1 N–H and O–H groups in total. The lowest BCUT2D eigenvalue weighted by Gasteiger charge is -2.13. The molecular formula is C25H22FNO4S2. The molecular weight excluding hydrogens is 461 g/mol. The van der Waals surface area contributed by atoms with Crippen molar-refractivity contribution in [3.8, 4) is 16.9 Å². The molecule has 33 heavy (non-hydrogen) atoms. The van der Waals surface area contributed by atoms with Crippen molar-refractivity contribution in [2.75, 3.05) is 6.61 Å². The standard InChI is InChI=1S/C25H22FNO4S2/c1-17-20(12-13-31-25(28)24-3-2-14-32-24)15-23(27(17)22-10-8-21(26)9-11-22)19-6-4-18(5-7-19)16-33(29)30/h2-11,14-15H,12-13,16H2,1H3,(H,29,30). The number of aromatic nitrogens is 1. The highest BCUT2D eigenvalue weighted by atomic mass is 32.2. The molecule has 0 aliphatic carbocycles. The largest absolute Gasteiger partial charge is 0.461 e. The van der Waals surface area contributed by atoms with Gasteiger partial charge in [0, 0.05) is 17.8 Å². The number of thiophene rings is 1. The Bertz CT molecular complexity index is 1260. The second kappa shape index (κ2) is 10.2. The quantitative estimate of drug-likeness (QED) is 0.255. The number of nitrogens with zero attached hydrogens (tertiary/aromatic N) is 1. The lowest BCUT2D eigenvalue weighted by Crippen LogP contribution is -2.07. The summed E-state index contributed by atoms with van der Waals surface area (Å²) in [6.45, 7) is 2.22. The summed E-state index contributed by atoms with van der Waals surface area (Å²) in [7, 11) is 0. The van der Waals surface area contributed by atoms with E-state index in [0.717, 1.165) is 33.8 Å². The first kappa shape index (κ1) is 23.1. The summed E-state index contributed by atoms with van der Waals surface area (Å²) >= 11 is -0.561. The third-order valence-electron chi connectivity index (χ3n) is 5.30. The molecule has 0 saturated carbocycles. The molecule has 0 aliphatic rings. The Balaban J connectivity index is 1.63. The van der Waals surface area contributed by atoms with Crippen LogP contribution in [0.4, 0.5) is 4.39 Å². The average Bonchev–Trinajstić information content (AvgIpc) is 3.44. The van der Waals surface area contributed by atoms with Gasteiger partial charge in [0.2, 0.25) is 0 Å². The van der Waals surface area contributed by atoms with Gasteiger partial charge in [0.25, 0.3) is 0 Å². The lowest BCUT2D eigenvalue weighted by molar-refractivity contribution is 0.0515. The van der Waals surface area contributed by atoms with E-state index in [4.69, 9.17) is 9.29 Å². The highest BCUT2D eigenvalue weighted by Crippen LogP contribution is 2.30. The lowest BCUT2D eigenvalue weighted by atomic mass is 10.1. The van der Waals surface area contributed by atoms with E-state index < -0.39 is 11.1 Å². The molecule has 0 amide bonds. The normalized spacial score (nSPS) is 12.0. The Hall–Kier alpha value is -3.07. The molecule has 1 atom stereocenters. The van der Waals surface area contributed by atoms with Gasteiger partial charge in [-0.15, -0.1) is 11.3 Å². The minimum absolute atomic E-state index is 0.0686. The van der Waals surface area contributed by atoms with Crippen molar-refractivity contribution in [3.05, 3.63) is 99.6 Å². The molecule has 0 radical (unpaired) electrons. The summed E-state index contributed by atoms with van der Waals surface area (Å²) in [6.07, 6.45) is 0.533. The van der Waals surface area contributed by atoms with Crippen LogP contribution in [-0.2, 0) is 28.0 Å². The smallest absolute Gasteiger partial charge is 0.348 e. The zero-order valence-corrected chi connectivity index (χ0v) is 19.5. The first-order valence-corrected chi connectivity index (χ1v) is 12.4. The van der Waals surface area contributed by atoms with Crippen LogP contribution in [0.5, 0.6) is 0 Å². The van der Waals surface area contributed by atoms with Crippen LogP contribution < -0.4 is 0 Å². The Kier molecular flexibility index (Phi) is 7.17. The number of esters is 1. The fourth-order valence-corrected chi connectivity index (χ4v) is 4.77. The van der Waals surface area contributed by atoms with Crippen LogP contribution in [0, 0.1) is 12.7 Å². The summed E-state index contributed by atoms with van der Waals surface area (Å²) in [4.78, 5) is 12.7. The van der Waals surface area contributed by atoms with E-state index in [0.29, 0.717) is 11.3 Å². The number of halogens is 1. The Morgan fingerprint density at radius 3 is 2.48 bits per heavy atom. The number of carbonyl (C=O) groups is 1. The number of hydrogen-bond acceptors (Lipinski definition) is 4. The van der Waals surface area contributed by atoms with Crippen molar-refractivity contribution in [2.24, 2.45) is 0 Å². The molecule has 8 heteroatoms. The Morgan fingerprint density at radius 1 is 1.12 bits per heavy atom. The molecule has 4 rings (SSSR count). The molecule has 0 spiro atoms. The maximum absolute atomic E-state index is 13.5. The predicted octanol–water partition coefficient (Wildman–Crippen LogP) is 5.77. The topological polar surface area (TPSA) is 68.5 Å². The molecule has 2 aromatic carbocycles. The van der Waals surface area contributed by atoms with Crippen molar-refractivity contribution < 1.29 is 22.7 Å². The SMILES string of the molecule is Cc1c(CCOC(=O)c2cccs2)cc(-c2ccc(CS(=O)O)cc2)n1-c1ccc(F)cc1. The van der Waals surface area contributed by atoms with E-state index in [2.05, 4.69) is 0 Å². The van der Waals surface area contributed by atoms with Gasteiger partial charge in [-0.3, -0.25) is 0 Å². The maximum Gasteiger partial charge on any atom is 0.348 e. The van der Waals surface area contributed by atoms with Crippen molar-refractivity contribution in [1.82, 2.24) is 4.57 Å². The van der Waals surface area contributed by atoms with Gasteiger partial charge in [0.1, 0.15) is 10.7 Å². The number of carbonyl (C=O) groups excluding carboxylic acids is 1. The van der Waals surface area contributed by atoms with Crippen LogP contribution in [0.3, 0.4) is 0 Å². The fraction of sp³-hybridized carbons (Fsp3) is 0.160. The van der Waals surface area contributed by atoms with E-state index in [1.807, 2.05) is 53.3 Å². The first-order valence-electron chi connectivity index (χ1n) is 10.3. The van der Waals surface area contributed by atoms with Crippen LogP contribution in [0.15, 0.2) is 72.1 Å². The summed E-state index contributed by atoms with van der Waals surface area (Å²) in [6, 6.07) is 19.3. The molecule has 5 nitrogen and oxygen atoms in total. The van der Waals surface area contributed by atoms with E-state index in [1.54, 1.807) is 18.2 Å². The summed E-state index contributed by atoms with van der Waals surface area (Å²) in [5.74, 6) is -0.580. The van der Waals surface area contributed by atoms with Crippen LogP contribution >= 0.6 is 11.3 Å². The summed E-state index contributed by atoms with van der Waals surface area (Å²) in [5, 5.41) is 1.83. The average molecular weight is 484 g/mol. The highest BCUT2D eigenvalue weighted by molar-refractivity contribution is 7.78. The molecule has 2 aromatic heterocycles. The monoisotopic (exact) mass is 483 g/mol. The van der Waals surface area contributed by atoms with Gasteiger partial charge in [-0.25, -0.2) is 13.4 Å². The number of ether oxygens (including phenoxy) is 1. The van der Waals surface area contributed by atoms with Gasteiger partial charge < -0.3 is 13.9 Å². The van der Waals surface area contributed by atoms with Gasteiger partial charge in [-0.1, -0.05) is 30.3 Å². The van der Waals surface area contributed by atoms with E-state index in [1.165, 1.54) is 23.5 Å². The van der Waals surface area contributed by atoms with Crippen LogP contribution in [0.25, 0.3) is 16.9 Å². The number of benzene rings is 2.